The molecule has 1 saturated heterocycles. The third kappa shape index (κ3) is 3.75. The summed E-state index contributed by atoms with van der Waals surface area (Å²) in [5.74, 6) is 0.958. The van der Waals surface area contributed by atoms with Gasteiger partial charge in [0.2, 0.25) is 0 Å². The third-order valence-corrected chi connectivity index (χ3v) is 4.22. The van der Waals surface area contributed by atoms with Gasteiger partial charge in [0, 0.05) is 44.8 Å². The van der Waals surface area contributed by atoms with Crippen LogP contribution in [-0.4, -0.2) is 54.5 Å². The van der Waals surface area contributed by atoms with Gasteiger partial charge in [-0.25, -0.2) is 4.98 Å². The van der Waals surface area contributed by atoms with Crippen molar-refractivity contribution in [2.75, 3.05) is 38.3 Å². The second-order valence-corrected chi connectivity index (χ2v) is 5.89. The van der Waals surface area contributed by atoms with E-state index in [0.29, 0.717) is 37.9 Å². The van der Waals surface area contributed by atoms with E-state index in [-0.39, 0.29) is 16.7 Å². The van der Waals surface area contributed by atoms with Crippen molar-refractivity contribution >= 4 is 17.4 Å². The topological polar surface area (TPSA) is 80.3 Å². The molecule has 128 valence electrons. The normalized spacial score (nSPS) is 17.9. The summed E-state index contributed by atoms with van der Waals surface area (Å²) in [6.45, 7) is 2.44. The SMILES string of the molecule is COCCC1CN(c2nc(-c3ccncc3)[nH]c(=O)c2Cl)CCO1. The van der Waals surface area contributed by atoms with E-state index in [4.69, 9.17) is 21.1 Å². The van der Waals surface area contributed by atoms with Crippen LogP contribution in [0.5, 0.6) is 0 Å². The van der Waals surface area contributed by atoms with Crippen LogP contribution in [0.1, 0.15) is 6.42 Å². The van der Waals surface area contributed by atoms with Gasteiger partial charge in [-0.2, -0.15) is 0 Å². The molecule has 0 aliphatic carbocycles. The predicted octanol–water partition coefficient (Wildman–Crippen LogP) is 1.73. The molecule has 0 aromatic carbocycles. The molecule has 8 heteroatoms. The first-order valence-electron chi connectivity index (χ1n) is 7.74. The summed E-state index contributed by atoms with van der Waals surface area (Å²) >= 11 is 6.21. The number of methoxy groups -OCH3 is 1. The molecule has 0 bridgehead atoms. The summed E-state index contributed by atoms with van der Waals surface area (Å²) in [5.41, 5.74) is 0.428. The van der Waals surface area contributed by atoms with Crippen LogP contribution in [0.25, 0.3) is 11.4 Å². The van der Waals surface area contributed by atoms with E-state index in [1.165, 1.54) is 0 Å². The summed E-state index contributed by atoms with van der Waals surface area (Å²) in [6.07, 6.45) is 4.11. The predicted molar refractivity (Wildman–Crippen MR) is 91.5 cm³/mol. The molecule has 0 saturated carbocycles. The monoisotopic (exact) mass is 350 g/mol. The number of aromatic amines is 1. The van der Waals surface area contributed by atoms with Crippen LogP contribution in [0.3, 0.4) is 0 Å². The van der Waals surface area contributed by atoms with Crippen LogP contribution < -0.4 is 10.5 Å². The van der Waals surface area contributed by atoms with Crippen molar-refractivity contribution < 1.29 is 9.47 Å². The highest BCUT2D eigenvalue weighted by Crippen LogP contribution is 2.25. The van der Waals surface area contributed by atoms with Gasteiger partial charge in [-0.05, 0) is 18.6 Å². The minimum absolute atomic E-state index is 0.0280. The van der Waals surface area contributed by atoms with E-state index >= 15 is 0 Å². The highest BCUT2D eigenvalue weighted by Gasteiger charge is 2.24. The van der Waals surface area contributed by atoms with Crippen LogP contribution in [0.2, 0.25) is 5.02 Å². The number of halogens is 1. The van der Waals surface area contributed by atoms with Crippen molar-refractivity contribution in [1.82, 2.24) is 15.0 Å². The van der Waals surface area contributed by atoms with Crippen LogP contribution in [0.4, 0.5) is 5.82 Å². The Bertz CT molecular complexity index is 738. The third-order valence-electron chi connectivity index (χ3n) is 3.88. The molecule has 1 atom stereocenters. The number of hydrogen-bond acceptors (Lipinski definition) is 6. The van der Waals surface area contributed by atoms with E-state index in [1.54, 1.807) is 31.6 Å². The molecule has 1 fully saturated rings. The fourth-order valence-corrected chi connectivity index (χ4v) is 2.85. The van der Waals surface area contributed by atoms with Crippen molar-refractivity contribution in [2.45, 2.75) is 12.5 Å². The second kappa shape index (κ2) is 7.74. The number of hydrogen-bond donors (Lipinski definition) is 1. The molecule has 3 heterocycles. The van der Waals surface area contributed by atoms with Crippen molar-refractivity contribution in [3.8, 4) is 11.4 Å². The smallest absolute Gasteiger partial charge is 0.272 e. The molecule has 0 radical (unpaired) electrons. The maximum Gasteiger partial charge on any atom is 0.272 e. The van der Waals surface area contributed by atoms with Crippen LogP contribution in [0, 0.1) is 0 Å². The summed E-state index contributed by atoms with van der Waals surface area (Å²) in [5, 5.41) is 0.0974. The molecule has 1 N–H and O–H groups in total. The average Bonchev–Trinajstić information content (AvgIpc) is 2.63. The number of H-pyrrole nitrogens is 1. The van der Waals surface area contributed by atoms with Crippen molar-refractivity contribution in [2.24, 2.45) is 0 Å². The zero-order valence-electron chi connectivity index (χ0n) is 13.4. The molecule has 0 spiro atoms. The molecular formula is C16H19ClN4O3. The van der Waals surface area contributed by atoms with E-state index in [1.807, 2.05) is 4.90 Å². The van der Waals surface area contributed by atoms with E-state index in [0.717, 1.165) is 12.0 Å². The summed E-state index contributed by atoms with van der Waals surface area (Å²) in [6, 6.07) is 3.58. The van der Waals surface area contributed by atoms with Gasteiger partial charge < -0.3 is 19.4 Å². The van der Waals surface area contributed by atoms with E-state index in [2.05, 4.69) is 15.0 Å². The molecule has 1 aliphatic heterocycles. The molecule has 3 rings (SSSR count). The number of morpholine rings is 1. The maximum absolute atomic E-state index is 12.2. The molecule has 1 unspecified atom stereocenters. The molecule has 7 nitrogen and oxygen atoms in total. The van der Waals surface area contributed by atoms with Gasteiger partial charge in [-0.15, -0.1) is 0 Å². The van der Waals surface area contributed by atoms with Gasteiger partial charge in [0.15, 0.2) is 5.82 Å². The van der Waals surface area contributed by atoms with Crippen molar-refractivity contribution in [3.05, 3.63) is 39.9 Å². The first-order chi connectivity index (χ1) is 11.7. The summed E-state index contributed by atoms with van der Waals surface area (Å²) < 4.78 is 10.8. The molecular weight excluding hydrogens is 332 g/mol. The first-order valence-corrected chi connectivity index (χ1v) is 8.12. The largest absolute Gasteiger partial charge is 0.385 e. The van der Waals surface area contributed by atoms with Crippen LogP contribution in [0.15, 0.2) is 29.3 Å². The van der Waals surface area contributed by atoms with Gasteiger partial charge in [0.25, 0.3) is 5.56 Å². The Morgan fingerprint density at radius 1 is 1.46 bits per heavy atom. The lowest BCUT2D eigenvalue weighted by atomic mass is 10.2. The van der Waals surface area contributed by atoms with Crippen molar-refractivity contribution in [3.63, 3.8) is 0 Å². The van der Waals surface area contributed by atoms with Gasteiger partial charge >= 0.3 is 0 Å². The fourth-order valence-electron chi connectivity index (χ4n) is 2.64. The lowest BCUT2D eigenvalue weighted by Gasteiger charge is -2.34. The average molecular weight is 351 g/mol. The Balaban J connectivity index is 1.89. The second-order valence-electron chi connectivity index (χ2n) is 5.51. The van der Waals surface area contributed by atoms with Gasteiger partial charge in [-0.3, -0.25) is 9.78 Å². The van der Waals surface area contributed by atoms with Crippen molar-refractivity contribution in [1.29, 1.82) is 0 Å². The van der Waals surface area contributed by atoms with E-state index in [9.17, 15) is 4.79 Å². The minimum Gasteiger partial charge on any atom is -0.385 e. The Hall–Kier alpha value is -1.96. The maximum atomic E-state index is 12.2. The van der Waals surface area contributed by atoms with Gasteiger partial charge in [-0.1, -0.05) is 11.6 Å². The molecule has 2 aromatic rings. The minimum atomic E-state index is -0.353. The van der Waals surface area contributed by atoms with Gasteiger partial charge in [0.05, 0.1) is 12.7 Å². The number of rotatable bonds is 5. The standard InChI is InChI=1S/C16H19ClN4O3/c1-23-8-4-12-10-21(7-9-24-12)15-13(17)16(22)20-14(19-15)11-2-5-18-6-3-11/h2-3,5-6,12H,4,7-10H2,1H3,(H,19,20,22). The molecule has 24 heavy (non-hydrogen) atoms. The van der Waals surface area contributed by atoms with Gasteiger partial charge in [0.1, 0.15) is 10.8 Å². The lowest BCUT2D eigenvalue weighted by Crippen LogP contribution is -2.44. The quantitative estimate of drug-likeness (QED) is 0.884. The number of anilines is 1. The van der Waals surface area contributed by atoms with E-state index < -0.39 is 0 Å². The number of pyridine rings is 1. The summed E-state index contributed by atoms with van der Waals surface area (Å²) in [4.78, 5) is 25.5. The lowest BCUT2D eigenvalue weighted by molar-refractivity contribution is 0.0189. The zero-order chi connectivity index (χ0) is 16.9. The number of nitrogens with zero attached hydrogens (tertiary/aromatic N) is 3. The Morgan fingerprint density at radius 3 is 3.00 bits per heavy atom. The molecule has 2 aromatic heterocycles. The highest BCUT2D eigenvalue weighted by molar-refractivity contribution is 6.32. The fraction of sp³-hybridized carbons (Fsp3) is 0.438. The highest BCUT2D eigenvalue weighted by atomic mass is 35.5. The first kappa shape index (κ1) is 16.9. The molecule has 0 amide bonds. The zero-order valence-corrected chi connectivity index (χ0v) is 14.1. The number of aromatic nitrogens is 3. The Labute approximate surface area is 144 Å². The van der Waals surface area contributed by atoms with Crippen LogP contribution in [-0.2, 0) is 9.47 Å². The Kier molecular flexibility index (Phi) is 5.44. The van der Waals surface area contributed by atoms with Crippen LogP contribution >= 0.6 is 11.6 Å². The molecule has 1 aliphatic rings. The summed E-state index contributed by atoms with van der Waals surface area (Å²) in [7, 11) is 1.66. The number of ether oxygens (including phenoxy) is 2. The Morgan fingerprint density at radius 2 is 2.25 bits per heavy atom. The number of nitrogens with one attached hydrogen (secondary N) is 1.